The van der Waals surface area contributed by atoms with Crippen molar-refractivity contribution in [1.29, 1.82) is 0 Å². The summed E-state index contributed by atoms with van der Waals surface area (Å²) in [4.78, 5) is 14.8. The zero-order valence-electron chi connectivity index (χ0n) is 14.7. The fraction of sp³-hybridized carbons (Fsp3) is 0.444. The van der Waals surface area contributed by atoms with Gasteiger partial charge >= 0.3 is 5.97 Å². The third kappa shape index (κ3) is 5.28. The fourth-order valence-electron chi connectivity index (χ4n) is 3.09. The molecule has 140 valence electrons. The maximum Gasteiger partial charge on any atom is 0.317 e. The second kappa shape index (κ2) is 8.64. The van der Waals surface area contributed by atoms with Crippen LogP contribution in [0, 0.1) is 0 Å². The molecule has 1 aliphatic heterocycles. The van der Waals surface area contributed by atoms with Crippen LogP contribution < -0.4 is 0 Å². The van der Waals surface area contributed by atoms with Crippen molar-refractivity contribution in [2.24, 2.45) is 0 Å². The third-order valence-corrected chi connectivity index (χ3v) is 4.52. The first-order chi connectivity index (χ1) is 12.5. The summed E-state index contributed by atoms with van der Waals surface area (Å²) < 4.78 is 7.61. The molecule has 1 aromatic carbocycles. The summed E-state index contributed by atoms with van der Waals surface area (Å²) in [6.07, 6.45) is 1.95. The first kappa shape index (κ1) is 18.8. The Labute approximate surface area is 157 Å². The number of aliphatic carboxylic acids is 1. The molecule has 1 unspecified atom stereocenters. The van der Waals surface area contributed by atoms with Crippen LogP contribution in [0.5, 0.6) is 0 Å². The Morgan fingerprint density at radius 1 is 1.38 bits per heavy atom. The maximum absolute atomic E-state index is 10.8. The van der Waals surface area contributed by atoms with Crippen LogP contribution >= 0.6 is 11.6 Å². The molecule has 0 aliphatic carbocycles. The summed E-state index contributed by atoms with van der Waals surface area (Å²) in [6, 6.07) is 9.57. The highest BCUT2D eigenvalue weighted by Gasteiger charge is 2.23. The van der Waals surface area contributed by atoms with Crippen LogP contribution in [0.3, 0.4) is 0 Å². The Kier molecular flexibility index (Phi) is 6.26. The van der Waals surface area contributed by atoms with Gasteiger partial charge in [0.25, 0.3) is 0 Å². The molecule has 0 saturated carbocycles. The number of nitrogens with zero attached hydrogens (tertiary/aromatic N) is 4. The van der Waals surface area contributed by atoms with E-state index in [1.165, 1.54) is 0 Å². The van der Waals surface area contributed by atoms with Crippen LogP contribution in [0.4, 0.5) is 0 Å². The van der Waals surface area contributed by atoms with Crippen LogP contribution in [0.15, 0.2) is 36.5 Å². The summed E-state index contributed by atoms with van der Waals surface area (Å²) in [5.41, 5.74) is 1.95. The van der Waals surface area contributed by atoms with E-state index < -0.39 is 5.97 Å². The number of halogens is 1. The van der Waals surface area contributed by atoms with Crippen molar-refractivity contribution in [3.8, 4) is 5.69 Å². The van der Waals surface area contributed by atoms with Gasteiger partial charge in [-0.3, -0.25) is 14.6 Å². The van der Waals surface area contributed by atoms with Gasteiger partial charge in [0.15, 0.2) is 0 Å². The predicted molar refractivity (Wildman–Crippen MR) is 98.7 cm³/mol. The number of morpholine rings is 1. The summed E-state index contributed by atoms with van der Waals surface area (Å²) in [6.45, 7) is 3.60. The van der Waals surface area contributed by atoms with E-state index in [2.05, 4.69) is 10.00 Å². The Hall–Kier alpha value is -1.93. The molecule has 2 aromatic rings. The van der Waals surface area contributed by atoms with E-state index in [1.807, 2.05) is 41.2 Å². The van der Waals surface area contributed by atoms with Gasteiger partial charge in [-0.2, -0.15) is 5.10 Å². The van der Waals surface area contributed by atoms with E-state index in [0.29, 0.717) is 18.2 Å². The monoisotopic (exact) mass is 378 g/mol. The molecule has 1 saturated heterocycles. The van der Waals surface area contributed by atoms with E-state index in [9.17, 15) is 4.79 Å². The van der Waals surface area contributed by atoms with E-state index in [1.54, 1.807) is 11.9 Å². The molecule has 0 bridgehead atoms. The van der Waals surface area contributed by atoms with Gasteiger partial charge in [-0.15, -0.1) is 0 Å². The molecule has 1 atom stereocenters. The van der Waals surface area contributed by atoms with Gasteiger partial charge in [0.05, 0.1) is 30.6 Å². The SMILES string of the molecule is CN(CC(=O)O)CC1CN(Cc2ccn(-c3ccc(Cl)cc3)n2)CCO1. The number of carboxylic acids is 1. The zero-order valence-corrected chi connectivity index (χ0v) is 15.5. The van der Waals surface area contributed by atoms with E-state index in [0.717, 1.165) is 31.0 Å². The molecule has 0 spiro atoms. The number of hydrogen-bond acceptors (Lipinski definition) is 5. The first-order valence-electron chi connectivity index (χ1n) is 8.54. The summed E-state index contributed by atoms with van der Waals surface area (Å²) in [5, 5.41) is 14.2. The lowest BCUT2D eigenvalue weighted by molar-refractivity contribution is -0.138. The molecule has 0 amide bonds. The number of aromatic nitrogens is 2. The number of carboxylic acid groups (broad SMARTS) is 1. The van der Waals surface area contributed by atoms with Crippen molar-refractivity contribution in [3.05, 3.63) is 47.2 Å². The van der Waals surface area contributed by atoms with Crippen molar-refractivity contribution >= 4 is 17.6 Å². The minimum Gasteiger partial charge on any atom is -0.480 e. The molecule has 3 rings (SSSR count). The van der Waals surface area contributed by atoms with Gasteiger partial charge < -0.3 is 9.84 Å². The highest BCUT2D eigenvalue weighted by Crippen LogP contribution is 2.15. The lowest BCUT2D eigenvalue weighted by atomic mass is 10.2. The smallest absolute Gasteiger partial charge is 0.317 e. The highest BCUT2D eigenvalue weighted by molar-refractivity contribution is 6.30. The molecule has 26 heavy (non-hydrogen) atoms. The fourth-order valence-corrected chi connectivity index (χ4v) is 3.22. The van der Waals surface area contributed by atoms with Crippen molar-refractivity contribution in [3.63, 3.8) is 0 Å². The highest BCUT2D eigenvalue weighted by atomic mass is 35.5. The third-order valence-electron chi connectivity index (χ3n) is 4.26. The topological polar surface area (TPSA) is 70.8 Å². The van der Waals surface area contributed by atoms with Gasteiger partial charge in [-0.25, -0.2) is 4.68 Å². The number of rotatable bonds is 7. The minimum atomic E-state index is -0.826. The second-order valence-corrected chi connectivity index (χ2v) is 6.98. The van der Waals surface area contributed by atoms with Crippen molar-refractivity contribution in [2.75, 3.05) is 39.8 Å². The lowest BCUT2D eigenvalue weighted by Crippen LogP contribution is -2.47. The molecule has 0 radical (unpaired) electrons. The summed E-state index contributed by atoms with van der Waals surface area (Å²) in [7, 11) is 1.80. The van der Waals surface area contributed by atoms with Gasteiger partial charge in [0, 0.05) is 37.4 Å². The van der Waals surface area contributed by atoms with Crippen LogP contribution in [-0.4, -0.2) is 76.6 Å². The molecular formula is C18H23ClN4O3. The van der Waals surface area contributed by atoms with Gasteiger partial charge in [-0.05, 0) is 37.4 Å². The van der Waals surface area contributed by atoms with Crippen LogP contribution in [0.1, 0.15) is 5.69 Å². The number of ether oxygens (including phenoxy) is 1. The maximum atomic E-state index is 10.8. The molecule has 1 N–H and O–H groups in total. The molecule has 1 fully saturated rings. The number of benzene rings is 1. The summed E-state index contributed by atoms with van der Waals surface area (Å²) in [5.74, 6) is -0.826. The number of carbonyl (C=O) groups is 1. The van der Waals surface area contributed by atoms with E-state index in [-0.39, 0.29) is 12.6 Å². The van der Waals surface area contributed by atoms with Crippen LogP contribution in [0.2, 0.25) is 5.02 Å². The quantitative estimate of drug-likeness (QED) is 0.791. The van der Waals surface area contributed by atoms with Gasteiger partial charge in [-0.1, -0.05) is 11.6 Å². The Balaban J connectivity index is 1.55. The van der Waals surface area contributed by atoms with Crippen molar-refractivity contribution < 1.29 is 14.6 Å². The second-order valence-electron chi connectivity index (χ2n) is 6.55. The molecule has 2 heterocycles. The van der Waals surface area contributed by atoms with Crippen LogP contribution in [-0.2, 0) is 16.1 Å². The van der Waals surface area contributed by atoms with Crippen molar-refractivity contribution in [2.45, 2.75) is 12.6 Å². The first-order valence-corrected chi connectivity index (χ1v) is 8.92. The largest absolute Gasteiger partial charge is 0.480 e. The van der Waals surface area contributed by atoms with Gasteiger partial charge in [0.1, 0.15) is 0 Å². The van der Waals surface area contributed by atoms with Crippen molar-refractivity contribution in [1.82, 2.24) is 19.6 Å². The molecule has 7 nitrogen and oxygen atoms in total. The summed E-state index contributed by atoms with van der Waals surface area (Å²) >= 11 is 5.93. The van der Waals surface area contributed by atoms with Crippen LogP contribution in [0.25, 0.3) is 5.69 Å². The average molecular weight is 379 g/mol. The predicted octanol–water partition coefficient (Wildman–Crippen LogP) is 1.74. The Morgan fingerprint density at radius 3 is 2.88 bits per heavy atom. The Morgan fingerprint density at radius 2 is 2.15 bits per heavy atom. The zero-order chi connectivity index (χ0) is 18.5. The number of likely N-dealkylation sites (N-methyl/N-ethyl adjacent to an activating group) is 1. The lowest BCUT2D eigenvalue weighted by Gasteiger charge is -2.34. The van der Waals surface area contributed by atoms with Gasteiger partial charge in [0.2, 0.25) is 0 Å². The molecular weight excluding hydrogens is 356 g/mol. The number of hydrogen-bond donors (Lipinski definition) is 1. The van der Waals surface area contributed by atoms with E-state index in [4.69, 9.17) is 21.4 Å². The Bertz CT molecular complexity index is 734. The molecule has 1 aromatic heterocycles. The normalized spacial score (nSPS) is 18.3. The average Bonchev–Trinajstić information content (AvgIpc) is 3.03. The standard InChI is InChI=1S/C18H23ClN4O3/c1-21(13-18(24)25)11-17-12-22(8-9-26-17)10-15-6-7-23(20-15)16-4-2-14(19)3-5-16/h2-7,17H,8-13H2,1H3,(H,24,25). The van der Waals surface area contributed by atoms with E-state index >= 15 is 0 Å². The molecule has 8 heteroatoms. The molecule has 1 aliphatic rings. The minimum absolute atomic E-state index is 0.00597.